The van der Waals surface area contributed by atoms with Crippen molar-refractivity contribution in [3.8, 4) is 0 Å². The summed E-state index contributed by atoms with van der Waals surface area (Å²) in [6, 6.07) is 12.7. The molecular formula is C20H24N4O. The second-order valence-electron chi connectivity index (χ2n) is 6.44. The largest absolute Gasteiger partial charge is 0.361 e. The Hall–Kier alpha value is -2.24. The maximum absolute atomic E-state index is 5.66. The van der Waals surface area contributed by atoms with Crippen molar-refractivity contribution in [2.45, 2.75) is 45.5 Å². The number of nitrogens with zero attached hydrogens (tertiary/aromatic N) is 3. The summed E-state index contributed by atoms with van der Waals surface area (Å²) < 4.78 is 7.82. The van der Waals surface area contributed by atoms with E-state index in [1.807, 2.05) is 31.3 Å². The van der Waals surface area contributed by atoms with Gasteiger partial charge in [-0.25, -0.2) is 4.98 Å². The lowest BCUT2D eigenvalue weighted by Crippen LogP contribution is -2.27. The summed E-state index contributed by atoms with van der Waals surface area (Å²) in [4.78, 5) is 9.42. The Morgan fingerprint density at radius 2 is 2.16 bits per heavy atom. The lowest BCUT2D eigenvalue weighted by molar-refractivity contribution is 0.0881. The first kappa shape index (κ1) is 16.2. The highest BCUT2D eigenvalue weighted by Gasteiger charge is 2.21. The van der Waals surface area contributed by atoms with E-state index >= 15 is 0 Å². The Morgan fingerprint density at radius 3 is 3.08 bits per heavy atom. The van der Waals surface area contributed by atoms with Crippen LogP contribution < -0.4 is 5.32 Å². The number of aromatic nitrogens is 3. The predicted molar refractivity (Wildman–Crippen MR) is 98.1 cm³/mol. The molecule has 0 bridgehead atoms. The van der Waals surface area contributed by atoms with E-state index in [1.165, 1.54) is 17.7 Å². The first-order valence-corrected chi connectivity index (χ1v) is 9.06. The summed E-state index contributed by atoms with van der Waals surface area (Å²) in [6.07, 6.45) is 5.34. The molecule has 0 aliphatic heterocycles. The number of ether oxygens (including phenoxy) is 1. The Labute approximate surface area is 148 Å². The van der Waals surface area contributed by atoms with Gasteiger partial charge in [0.15, 0.2) is 0 Å². The monoisotopic (exact) mass is 336 g/mol. The van der Waals surface area contributed by atoms with Crippen LogP contribution in [-0.2, 0) is 24.4 Å². The van der Waals surface area contributed by atoms with Crippen LogP contribution >= 0.6 is 0 Å². The number of imidazole rings is 1. The molecule has 1 aliphatic rings. The predicted octanol–water partition coefficient (Wildman–Crippen LogP) is 3.59. The molecule has 1 atom stereocenters. The number of hydrogen-bond donors (Lipinski definition) is 1. The lowest BCUT2D eigenvalue weighted by Gasteiger charge is -2.25. The fraction of sp³-hybridized carbons (Fsp3) is 0.400. The highest BCUT2D eigenvalue weighted by atomic mass is 16.5. The average Bonchev–Trinajstić information content (AvgIpc) is 3.02. The smallest absolute Gasteiger partial charge is 0.125 e. The highest BCUT2D eigenvalue weighted by molar-refractivity contribution is 5.75. The van der Waals surface area contributed by atoms with Gasteiger partial charge in [0.1, 0.15) is 12.6 Å². The van der Waals surface area contributed by atoms with Gasteiger partial charge < -0.3 is 14.6 Å². The Bertz CT molecular complexity index is 858. The maximum Gasteiger partial charge on any atom is 0.125 e. The van der Waals surface area contributed by atoms with E-state index < -0.39 is 0 Å². The molecule has 0 saturated carbocycles. The maximum atomic E-state index is 5.66. The molecule has 1 aromatic carbocycles. The van der Waals surface area contributed by atoms with Crippen LogP contribution in [0.2, 0.25) is 0 Å². The molecule has 4 rings (SSSR count). The van der Waals surface area contributed by atoms with E-state index in [9.17, 15) is 0 Å². The quantitative estimate of drug-likeness (QED) is 0.747. The van der Waals surface area contributed by atoms with Gasteiger partial charge in [-0.3, -0.25) is 4.98 Å². The normalized spacial score (nSPS) is 16.9. The molecule has 2 heterocycles. The minimum atomic E-state index is 0.297. The summed E-state index contributed by atoms with van der Waals surface area (Å²) in [5.74, 6) is 1.01. The van der Waals surface area contributed by atoms with Gasteiger partial charge in [-0.15, -0.1) is 0 Å². The SMILES string of the molecule is CCOCn1c(CN[C@@H]2CCCc3cccnc32)nc2ccccc21. The number of rotatable bonds is 6. The van der Waals surface area contributed by atoms with Gasteiger partial charge in [-0.2, -0.15) is 0 Å². The molecule has 25 heavy (non-hydrogen) atoms. The Morgan fingerprint density at radius 1 is 1.24 bits per heavy atom. The standard InChI is InChI=1S/C20H24N4O/c1-2-25-14-24-18-11-4-3-9-16(18)23-19(24)13-22-17-10-5-7-15-8-6-12-21-20(15)17/h3-4,6,8-9,11-12,17,22H,2,5,7,10,13-14H2,1H3/t17-/m1/s1. The molecule has 0 amide bonds. The molecule has 0 unspecified atom stereocenters. The summed E-state index contributed by atoms with van der Waals surface area (Å²) in [5, 5.41) is 3.67. The molecule has 1 aliphatic carbocycles. The van der Waals surface area contributed by atoms with E-state index in [0.29, 0.717) is 25.9 Å². The van der Waals surface area contributed by atoms with Crippen LogP contribution in [0.15, 0.2) is 42.6 Å². The number of benzene rings is 1. The second-order valence-corrected chi connectivity index (χ2v) is 6.44. The van der Waals surface area contributed by atoms with Crippen molar-refractivity contribution < 1.29 is 4.74 Å². The molecule has 0 fully saturated rings. The zero-order valence-corrected chi connectivity index (χ0v) is 14.6. The number of pyridine rings is 1. The van der Waals surface area contributed by atoms with Gasteiger partial charge in [0.25, 0.3) is 0 Å². The number of fused-ring (bicyclic) bond motifs is 2. The molecule has 130 valence electrons. The van der Waals surface area contributed by atoms with Gasteiger partial charge >= 0.3 is 0 Å². The van der Waals surface area contributed by atoms with E-state index in [-0.39, 0.29) is 0 Å². The van der Waals surface area contributed by atoms with Crippen LogP contribution in [0.4, 0.5) is 0 Å². The first-order chi connectivity index (χ1) is 12.4. The zero-order chi connectivity index (χ0) is 17.1. The third-order valence-corrected chi connectivity index (χ3v) is 4.86. The van der Waals surface area contributed by atoms with Crippen LogP contribution in [0.3, 0.4) is 0 Å². The zero-order valence-electron chi connectivity index (χ0n) is 14.6. The number of para-hydroxylation sites is 2. The fourth-order valence-corrected chi connectivity index (χ4v) is 3.61. The van der Waals surface area contributed by atoms with Crippen LogP contribution in [0.5, 0.6) is 0 Å². The van der Waals surface area contributed by atoms with Crippen molar-refractivity contribution in [2.24, 2.45) is 0 Å². The van der Waals surface area contributed by atoms with Crippen LogP contribution in [0, 0.1) is 0 Å². The van der Waals surface area contributed by atoms with Crippen molar-refractivity contribution in [1.29, 1.82) is 0 Å². The molecule has 5 nitrogen and oxygen atoms in total. The third kappa shape index (κ3) is 3.30. The van der Waals surface area contributed by atoms with Crippen LogP contribution in [-0.4, -0.2) is 21.1 Å². The number of nitrogens with one attached hydrogen (secondary N) is 1. The van der Waals surface area contributed by atoms with Crippen molar-refractivity contribution >= 4 is 11.0 Å². The molecule has 3 aromatic rings. The second kappa shape index (κ2) is 7.33. The minimum absolute atomic E-state index is 0.297. The van der Waals surface area contributed by atoms with Crippen LogP contribution in [0.25, 0.3) is 11.0 Å². The summed E-state index contributed by atoms with van der Waals surface area (Å²) in [6.45, 7) is 3.96. The summed E-state index contributed by atoms with van der Waals surface area (Å²) in [5.41, 5.74) is 4.70. The Kier molecular flexibility index (Phi) is 4.76. The molecule has 2 aromatic heterocycles. The Balaban J connectivity index is 1.57. The highest BCUT2D eigenvalue weighted by Crippen LogP contribution is 2.28. The molecule has 5 heteroatoms. The fourth-order valence-electron chi connectivity index (χ4n) is 3.61. The molecule has 1 N–H and O–H groups in total. The van der Waals surface area contributed by atoms with Gasteiger partial charge in [-0.05, 0) is 49.9 Å². The number of aryl methyl sites for hydroxylation is 1. The topological polar surface area (TPSA) is 52.0 Å². The van der Waals surface area contributed by atoms with Crippen molar-refractivity contribution in [3.63, 3.8) is 0 Å². The summed E-state index contributed by atoms with van der Waals surface area (Å²) in [7, 11) is 0. The molecular weight excluding hydrogens is 312 g/mol. The van der Waals surface area contributed by atoms with Gasteiger partial charge in [0, 0.05) is 12.8 Å². The van der Waals surface area contributed by atoms with E-state index in [4.69, 9.17) is 9.72 Å². The van der Waals surface area contributed by atoms with E-state index in [2.05, 4.69) is 33.1 Å². The minimum Gasteiger partial charge on any atom is -0.361 e. The van der Waals surface area contributed by atoms with Gasteiger partial charge in [0.05, 0.1) is 29.3 Å². The van der Waals surface area contributed by atoms with Crippen molar-refractivity contribution in [2.75, 3.05) is 6.61 Å². The van der Waals surface area contributed by atoms with Crippen molar-refractivity contribution in [3.05, 3.63) is 59.7 Å². The molecule has 0 saturated heterocycles. The van der Waals surface area contributed by atoms with E-state index in [1.54, 1.807) is 0 Å². The molecule has 0 spiro atoms. The molecule has 0 radical (unpaired) electrons. The first-order valence-electron chi connectivity index (χ1n) is 9.06. The third-order valence-electron chi connectivity index (χ3n) is 4.86. The summed E-state index contributed by atoms with van der Waals surface area (Å²) >= 11 is 0. The lowest BCUT2D eigenvalue weighted by atomic mass is 9.92. The van der Waals surface area contributed by atoms with Gasteiger partial charge in [-0.1, -0.05) is 18.2 Å². The van der Waals surface area contributed by atoms with Gasteiger partial charge in [0.2, 0.25) is 0 Å². The average molecular weight is 336 g/mol. The van der Waals surface area contributed by atoms with E-state index in [0.717, 1.165) is 29.7 Å². The van der Waals surface area contributed by atoms with Crippen molar-refractivity contribution in [1.82, 2.24) is 19.9 Å². The van der Waals surface area contributed by atoms with Crippen LogP contribution in [0.1, 0.15) is 42.9 Å². The number of hydrogen-bond acceptors (Lipinski definition) is 4.